The van der Waals surface area contributed by atoms with Crippen molar-refractivity contribution < 1.29 is 4.39 Å². The lowest BCUT2D eigenvalue weighted by molar-refractivity contribution is 0.607. The van der Waals surface area contributed by atoms with E-state index >= 15 is 0 Å². The number of aryl methyl sites for hydroxylation is 1. The highest BCUT2D eigenvalue weighted by Crippen LogP contribution is 2.19. The molecule has 4 nitrogen and oxygen atoms in total. The predicted molar refractivity (Wildman–Crippen MR) is 84.1 cm³/mol. The van der Waals surface area contributed by atoms with Crippen LogP contribution in [0, 0.1) is 12.7 Å². The van der Waals surface area contributed by atoms with Crippen molar-refractivity contribution in [2.24, 2.45) is 0 Å². The summed E-state index contributed by atoms with van der Waals surface area (Å²) in [6, 6.07) is 8.08. The van der Waals surface area contributed by atoms with Gasteiger partial charge in [0.2, 0.25) is 5.95 Å². The third-order valence-corrected chi connectivity index (χ3v) is 3.29. The van der Waals surface area contributed by atoms with Crippen LogP contribution < -0.4 is 10.2 Å². The molecule has 0 unspecified atom stereocenters. The quantitative estimate of drug-likeness (QED) is 0.884. The third kappa shape index (κ3) is 3.90. The van der Waals surface area contributed by atoms with Gasteiger partial charge < -0.3 is 10.2 Å². The summed E-state index contributed by atoms with van der Waals surface area (Å²) in [5, 5.41) is 3.08. The fraction of sp³-hybridized carbons (Fsp3) is 0.375. The van der Waals surface area contributed by atoms with Crippen LogP contribution in [0.15, 0.2) is 30.5 Å². The Kier molecular flexibility index (Phi) is 5.09. The van der Waals surface area contributed by atoms with E-state index in [0.717, 1.165) is 18.5 Å². The Morgan fingerprint density at radius 2 is 2.05 bits per heavy atom. The van der Waals surface area contributed by atoms with Crippen LogP contribution in [0.5, 0.6) is 0 Å². The van der Waals surface area contributed by atoms with Crippen LogP contribution in [0.1, 0.15) is 24.5 Å². The van der Waals surface area contributed by atoms with E-state index in [2.05, 4.69) is 22.2 Å². The van der Waals surface area contributed by atoms with Gasteiger partial charge in [-0.25, -0.2) is 9.37 Å². The van der Waals surface area contributed by atoms with Gasteiger partial charge in [-0.2, -0.15) is 4.98 Å². The highest BCUT2D eigenvalue weighted by atomic mass is 19.1. The Bertz CT molecular complexity index is 601. The number of hydrogen-bond donors (Lipinski definition) is 1. The molecule has 0 aliphatic heterocycles. The van der Waals surface area contributed by atoms with E-state index in [4.69, 9.17) is 0 Å². The number of halogens is 1. The average molecular weight is 288 g/mol. The van der Waals surface area contributed by atoms with Gasteiger partial charge >= 0.3 is 0 Å². The number of aromatic nitrogens is 2. The molecule has 21 heavy (non-hydrogen) atoms. The molecule has 0 saturated heterocycles. The second kappa shape index (κ2) is 7.02. The first-order chi connectivity index (χ1) is 10.1. The standard InChI is InChI=1S/C16H21FN4/c1-4-9-18-16-19-10-14(17)15(20-16)21(3)11-13-8-6-5-7-12(13)2/h5-8,10H,4,9,11H2,1-3H3,(H,18,19,20). The largest absolute Gasteiger partial charge is 0.354 e. The lowest BCUT2D eigenvalue weighted by Crippen LogP contribution is -2.20. The molecular weight excluding hydrogens is 267 g/mol. The van der Waals surface area contributed by atoms with Crippen molar-refractivity contribution in [2.45, 2.75) is 26.8 Å². The molecule has 0 aliphatic rings. The van der Waals surface area contributed by atoms with Crippen LogP contribution in [0.25, 0.3) is 0 Å². The summed E-state index contributed by atoms with van der Waals surface area (Å²) >= 11 is 0. The van der Waals surface area contributed by atoms with E-state index in [-0.39, 0.29) is 0 Å². The van der Waals surface area contributed by atoms with E-state index < -0.39 is 5.82 Å². The topological polar surface area (TPSA) is 41.1 Å². The molecule has 0 amide bonds. The summed E-state index contributed by atoms with van der Waals surface area (Å²) in [7, 11) is 1.83. The molecule has 5 heteroatoms. The van der Waals surface area contributed by atoms with Crippen LogP contribution in [-0.4, -0.2) is 23.6 Å². The molecule has 0 fully saturated rings. The van der Waals surface area contributed by atoms with E-state index in [1.54, 1.807) is 4.90 Å². The summed E-state index contributed by atoms with van der Waals surface area (Å²) in [6.07, 6.45) is 2.18. The maximum Gasteiger partial charge on any atom is 0.224 e. The number of rotatable bonds is 6. The fourth-order valence-electron chi connectivity index (χ4n) is 2.07. The zero-order chi connectivity index (χ0) is 15.2. The minimum absolute atomic E-state index is 0.312. The molecule has 0 bridgehead atoms. The van der Waals surface area contributed by atoms with Crippen molar-refractivity contribution in [1.29, 1.82) is 0 Å². The van der Waals surface area contributed by atoms with Crippen molar-refractivity contribution in [3.05, 3.63) is 47.4 Å². The molecule has 0 atom stereocenters. The smallest absolute Gasteiger partial charge is 0.224 e. The SMILES string of the molecule is CCCNc1ncc(F)c(N(C)Cc2ccccc2C)n1. The van der Waals surface area contributed by atoms with Gasteiger partial charge in [-0.05, 0) is 24.5 Å². The van der Waals surface area contributed by atoms with E-state index in [1.165, 1.54) is 11.8 Å². The third-order valence-electron chi connectivity index (χ3n) is 3.29. The summed E-state index contributed by atoms with van der Waals surface area (Å²) in [4.78, 5) is 10.0. The van der Waals surface area contributed by atoms with Gasteiger partial charge in [0, 0.05) is 20.1 Å². The zero-order valence-corrected chi connectivity index (χ0v) is 12.7. The van der Waals surface area contributed by atoms with Gasteiger partial charge in [0.1, 0.15) is 0 Å². The highest BCUT2D eigenvalue weighted by molar-refractivity contribution is 5.44. The lowest BCUT2D eigenvalue weighted by Gasteiger charge is -2.20. The van der Waals surface area contributed by atoms with Gasteiger partial charge in [-0.1, -0.05) is 31.2 Å². The summed E-state index contributed by atoms with van der Waals surface area (Å²) < 4.78 is 14.0. The molecule has 0 radical (unpaired) electrons. The summed E-state index contributed by atoms with van der Waals surface area (Å²) in [6.45, 7) is 5.48. The van der Waals surface area contributed by atoms with Crippen molar-refractivity contribution in [3.63, 3.8) is 0 Å². The van der Waals surface area contributed by atoms with E-state index in [0.29, 0.717) is 18.3 Å². The van der Waals surface area contributed by atoms with Gasteiger partial charge in [0.25, 0.3) is 0 Å². The van der Waals surface area contributed by atoms with Crippen LogP contribution in [0.3, 0.4) is 0 Å². The highest BCUT2D eigenvalue weighted by Gasteiger charge is 2.12. The first-order valence-electron chi connectivity index (χ1n) is 7.14. The van der Waals surface area contributed by atoms with Crippen LogP contribution >= 0.6 is 0 Å². The van der Waals surface area contributed by atoms with Crippen molar-refractivity contribution in [1.82, 2.24) is 9.97 Å². The average Bonchev–Trinajstić information content (AvgIpc) is 2.48. The predicted octanol–water partition coefficient (Wildman–Crippen LogP) is 3.38. The molecular formula is C16H21FN4. The first-order valence-corrected chi connectivity index (χ1v) is 7.14. The van der Waals surface area contributed by atoms with Crippen molar-refractivity contribution >= 4 is 11.8 Å². The Labute approximate surface area is 125 Å². The lowest BCUT2D eigenvalue weighted by atomic mass is 10.1. The minimum atomic E-state index is -0.409. The van der Waals surface area contributed by atoms with Crippen LogP contribution in [0.2, 0.25) is 0 Å². The maximum absolute atomic E-state index is 14.0. The number of hydrogen-bond acceptors (Lipinski definition) is 4. The number of nitrogens with one attached hydrogen (secondary N) is 1. The molecule has 1 N–H and O–H groups in total. The minimum Gasteiger partial charge on any atom is -0.354 e. The molecule has 2 aromatic rings. The first kappa shape index (κ1) is 15.2. The summed E-state index contributed by atoms with van der Waals surface area (Å²) in [5.41, 5.74) is 2.34. The van der Waals surface area contributed by atoms with E-state index in [9.17, 15) is 4.39 Å². The van der Waals surface area contributed by atoms with Gasteiger partial charge in [-0.15, -0.1) is 0 Å². The fourth-order valence-corrected chi connectivity index (χ4v) is 2.07. The molecule has 0 spiro atoms. The number of benzene rings is 1. The Balaban J connectivity index is 2.18. The molecule has 112 valence electrons. The normalized spacial score (nSPS) is 10.5. The summed E-state index contributed by atoms with van der Waals surface area (Å²) in [5.74, 6) is 0.366. The molecule has 0 aliphatic carbocycles. The number of anilines is 2. The van der Waals surface area contributed by atoms with Crippen molar-refractivity contribution in [2.75, 3.05) is 23.8 Å². The van der Waals surface area contributed by atoms with Crippen LogP contribution in [0.4, 0.5) is 16.2 Å². The van der Waals surface area contributed by atoms with Gasteiger partial charge in [-0.3, -0.25) is 0 Å². The second-order valence-corrected chi connectivity index (χ2v) is 5.07. The van der Waals surface area contributed by atoms with Crippen molar-refractivity contribution in [3.8, 4) is 0 Å². The van der Waals surface area contributed by atoms with Gasteiger partial charge in [0.15, 0.2) is 11.6 Å². The monoisotopic (exact) mass is 288 g/mol. The van der Waals surface area contributed by atoms with E-state index in [1.807, 2.05) is 38.2 Å². The Morgan fingerprint density at radius 1 is 1.29 bits per heavy atom. The second-order valence-electron chi connectivity index (χ2n) is 5.07. The maximum atomic E-state index is 14.0. The molecule has 1 aromatic carbocycles. The zero-order valence-electron chi connectivity index (χ0n) is 12.7. The number of nitrogens with zero attached hydrogens (tertiary/aromatic N) is 3. The molecule has 1 heterocycles. The van der Waals surface area contributed by atoms with Gasteiger partial charge in [0.05, 0.1) is 6.20 Å². The Morgan fingerprint density at radius 3 is 2.76 bits per heavy atom. The molecule has 0 saturated carbocycles. The molecule has 2 rings (SSSR count). The Hall–Kier alpha value is -2.17. The molecule has 1 aromatic heterocycles. The van der Waals surface area contributed by atoms with Crippen LogP contribution in [-0.2, 0) is 6.54 Å².